The van der Waals surface area contributed by atoms with Gasteiger partial charge in [-0.25, -0.2) is 0 Å². The Labute approximate surface area is 275 Å². The van der Waals surface area contributed by atoms with E-state index in [-0.39, 0.29) is 42.7 Å². The number of ether oxygens (including phenoxy) is 2. The molecule has 3 unspecified atom stereocenters. The molecule has 1 aromatic heterocycles. The first-order chi connectivity index (χ1) is 22.8. The topological polar surface area (TPSA) is 149 Å². The predicted octanol–water partition coefficient (Wildman–Crippen LogP) is 5.58. The van der Waals surface area contributed by atoms with Crippen molar-refractivity contribution in [3.05, 3.63) is 125 Å². The highest BCUT2D eigenvalue weighted by molar-refractivity contribution is 7.99. The first-order valence-electron chi connectivity index (χ1n) is 15.1. The molecule has 1 aliphatic heterocycles. The lowest BCUT2D eigenvalue weighted by Crippen LogP contribution is -2.31. The minimum atomic E-state index is -0.665. The molecule has 3 N–H and O–H groups in total. The van der Waals surface area contributed by atoms with Gasteiger partial charge in [0.1, 0.15) is 5.75 Å². The molecular formula is C35H33N5O6S. The molecule has 5 aromatic rings. The summed E-state index contributed by atoms with van der Waals surface area (Å²) in [4.78, 5) is 24.4. The molecule has 2 heterocycles. The van der Waals surface area contributed by atoms with Gasteiger partial charge in [0, 0.05) is 29.0 Å². The number of carbonyl (C=O) groups is 2. The van der Waals surface area contributed by atoms with Gasteiger partial charge >= 0.3 is 0 Å². The average Bonchev–Trinajstić information content (AvgIpc) is 3.56. The van der Waals surface area contributed by atoms with Gasteiger partial charge in [-0.15, -0.1) is 5.10 Å². The molecule has 0 bridgehead atoms. The van der Waals surface area contributed by atoms with Crippen LogP contribution in [0.2, 0.25) is 0 Å². The highest BCUT2D eigenvalue weighted by Crippen LogP contribution is 2.39. The second-order valence-corrected chi connectivity index (χ2v) is 12.1. The smallest absolute Gasteiger partial charge is 0.228 e. The van der Waals surface area contributed by atoms with Crippen LogP contribution >= 0.6 is 11.8 Å². The van der Waals surface area contributed by atoms with Crippen LogP contribution in [-0.4, -0.2) is 54.0 Å². The number of carbonyl (C=O) groups excluding carboxylic acids is 2. The van der Waals surface area contributed by atoms with Crippen LogP contribution in [0.15, 0.2) is 102 Å². The van der Waals surface area contributed by atoms with Crippen LogP contribution in [0.25, 0.3) is 5.69 Å². The quantitative estimate of drug-likeness (QED) is 0.122. The number of aliphatic hydroxyl groups excluding tert-OH is 1. The number of hydrogen-bond acceptors (Lipinski definition) is 10. The number of phenolic OH excluding ortho intramolecular Hbond substituents is 1. The van der Waals surface area contributed by atoms with Gasteiger partial charge < -0.3 is 25.0 Å². The summed E-state index contributed by atoms with van der Waals surface area (Å²) in [5.41, 5.74) is 5.25. The Morgan fingerprint density at radius 2 is 1.66 bits per heavy atom. The number of aliphatic hydroxyl groups is 1. The number of tetrazole rings is 1. The summed E-state index contributed by atoms with van der Waals surface area (Å²) < 4.78 is 14.5. The number of thioether (sulfide) groups is 1. The van der Waals surface area contributed by atoms with E-state index < -0.39 is 6.29 Å². The monoisotopic (exact) mass is 651 g/mol. The van der Waals surface area contributed by atoms with E-state index in [1.54, 1.807) is 53.2 Å². The Morgan fingerprint density at radius 1 is 0.936 bits per heavy atom. The zero-order chi connectivity index (χ0) is 32.8. The lowest BCUT2D eigenvalue weighted by Gasteiger charge is -2.36. The summed E-state index contributed by atoms with van der Waals surface area (Å²) in [7, 11) is 0. The van der Waals surface area contributed by atoms with Crippen LogP contribution in [0.5, 0.6) is 5.75 Å². The van der Waals surface area contributed by atoms with Crippen LogP contribution in [0.1, 0.15) is 58.4 Å². The van der Waals surface area contributed by atoms with E-state index in [4.69, 9.17) is 9.47 Å². The molecule has 3 atom stereocenters. The molecule has 1 saturated heterocycles. The fraction of sp³-hybridized carbons (Fsp3) is 0.229. The SMILES string of the molecule is CC(=O)c1cccc(NC(=O)Cc2ccc(C3OC(CSc4nnnn4-c4ccc(O)cc4)CC(c4ccc(CO)cc4)O3)cc2)c1. The molecule has 0 aliphatic carbocycles. The van der Waals surface area contributed by atoms with Crippen LogP contribution in [0.3, 0.4) is 0 Å². The van der Waals surface area contributed by atoms with Gasteiger partial charge in [0.25, 0.3) is 0 Å². The summed E-state index contributed by atoms with van der Waals surface area (Å²) in [5, 5.41) is 34.8. The number of ketones is 1. The molecule has 0 spiro atoms. The molecule has 6 rings (SSSR count). The molecule has 47 heavy (non-hydrogen) atoms. The van der Waals surface area contributed by atoms with Crippen LogP contribution in [-0.2, 0) is 27.3 Å². The van der Waals surface area contributed by atoms with E-state index in [1.807, 2.05) is 48.5 Å². The van der Waals surface area contributed by atoms with E-state index in [0.29, 0.717) is 28.6 Å². The number of rotatable bonds is 11. The minimum absolute atomic E-state index is 0.0400. The predicted molar refractivity (Wildman–Crippen MR) is 175 cm³/mol. The fourth-order valence-electron chi connectivity index (χ4n) is 5.21. The van der Waals surface area contributed by atoms with Gasteiger partial charge in [-0.1, -0.05) is 72.4 Å². The maximum absolute atomic E-state index is 12.7. The Morgan fingerprint density at radius 3 is 2.38 bits per heavy atom. The van der Waals surface area contributed by atoms with Gasteiger partial charge in [0.05, 0.1) is 30.9 Å². The molecule has 0 saturated carbocycles. The number of anilines is 1. The number of Topliss-reactive ketones (excluding diaryl/α,β-unsaturated/α-hetero) is 1. The summed E-state index contributed by atoms with van der Waals surface area (Å²) in [6, 6.07) is 28.7. The number of aromatic hydroxyl groups is 1. The number of amides is 1. The molecule has 4 aromatic carbocycles. The second kappa shape index (κ2) is 14.7. The third kappa shape index (κ3) is 8.10. The molecule has 1 aliphatic rings. The zero-order valence-corrected chi connectivity index (χ0v) is 26.3. The van der Waals surface area contributed by atoms with Gasteiger partial charge in [0.2, 0.25) is 11.1 Å². The standard InChI is InChI=1S/C35H33N5O6S/c1-22(42)27-3-2-4-28(18-27)36-33(44)17-23-5-11-26(12-6-23)34-45-31(19-32(46-34)25-9-7-24(20-41)8-10-25)21-47-35-37-38-39-40(35)29-13-15-30(43)16-14-29/h2-16,18,31-32,34,41,43H,17,19-21H2,1H3,(H,36,44). The number of hydrogen-bond donors (Lipinski definition) is 3. The van der Waals surface area contributed by atoms with Crippen molar-refractivity contribution in [3.8, 4) is 11.4 Å². The molecule has 1 fully saturated rings. The largest absolute Gasteiger partial charge is 0.508 e. The van der Waals surface area contributed by atoms with E-state index in [2.05, 4.69) is 20.8 Å². The second-order valence-electron chi connectivity index (χ2n) is 11.2. The maximum atomic E-state index is 12.7. The molecule has 0 radical (unpaired) electrons. The van der Waals surface area contributed by atoms with E-state index in [9.17, 15) is 19.8 Å². The minimum Gasteiger partial charge on any atom is -0.508 e. The summed E-state index contributed by atoms with van der Waals surface area (Å²) in [5.74, 6) is 0.445. The first-order valence-corrected chi connectivity index (χ1v) is 16.0. The van der Waals surface area contributed by atoms with E-state index in [1.165, 1.54) is 18.7 Å². The lowest BCUT2D eigenvalue weighted by atomic mass is 10.0. The van der Waals surface area contributed by atoms with Gasteiger partial charge in [-0.3, -0.25) is 9.59 Å². The molecule has 11 nitrogen and oxygen atoms in total. The molecule has 12 heteroatoms. The summed E-state index contributed by atoms with van der Waals surface area (Å²) >= 11 is 1.46. The van der Waals surface area contributed by atoms with E-state index in [0.717, 1.165) is 27.9 Å². The number of benzene rings is 4. The number of phenols is 1. The third-order valence-electron chi connectivity index (χ3n) is 7.72. The maximum Gasteiger partial charge on any atom is 0.228 e. The average molecular weight is 652 g/mol. The summed E-state index contributed by atoms with van der Waals surface area (Å²) in [6.07, 6.45) is -0.404. The van der Waals surface area contributed by atoms with Crippen LogP contribution < -0.4 is 5.32 Å². The zero-order valence-electron chi connectivity index (χ0n) is 25.5. The van der Waals surface area contributed by atoms with E-state index >= 15 is 0 Å². The van der Waals surface area contributed by atoms with Crippen LogP contribution in [0, 0.1) is 0 Å². The Kier molecular flexibility index (Phi) is 10.0. The molecular weight excluding hydrogens is 618 g/mol. The fourth-order valence-corrected chi connectivity index (χ4v) is 6.12. The van der Waals surface area contributed by atoms with Crippen LogP contribution in [0.4, 0.5) is 5.69 Å². The van der Waals surface area contributed by atoms with Gasteiger partial charge in [0.15, 0.2) is 12.1 Å². The number of aromatic nitrogens is 4. The first kappa shape index (κ1) is 32.1. The number of nitrogens with one attached hydrogen (secondary N) is 1. The van der Waals surface area contributed by atoms with Gasteiger partial charge in [-0.05, 0) is 70.4 Å². The Hall–Kier alpha value is -4.88. The van der Waals surface area contributed by atoms with Crippen molar-refractivity contribution in [1.29, 1.82) is 0 Å². The van der Waals surface area contributed by atoms with Crippen molar-refractivity contribution < 1.29 is 29.3 Å². The highest BCUT2D eigenvalue weighted by atomic mass is 32.2. The van der Waals surface area contributed by atoms with Crippen molar-refractivity contribution in [2.45, 2.75) is 50.0 Å². The third-order valence-corrected chi connectivity index (χ3v) is 8.77. The Bertz CT molecular complexity index is 1830. The highest BCUT2D eigenvalue weighted by Gasteiger charge is 2.32. The van der Waals surface area contributed by atoms with Crippen molar-refractivity contribution in [2.24, 2.45) is 0 Å². The molecule has 240 valence electrons. The van der Waals surface area contributed by atoms with Crippen molar-refractivity contribution in [2.75, 3.05) is 11.1 Å². The number of nitrogens with zero attached hydrogens (tertiary/aromatic N) is 4. The normalized spacial score (nSPS) is 17.7. The lowest BCUT2D eigenvalue weighted by molar-refractivity contribution is -0.245. The molecule has 1 amide bonds. The van der Waals surface area contributed by atoms with Gasteiger partial charge in [-0.2, -0.15) is 4.68 Å². The van der Waals surface area contributed by atoms with Crippen molar-refractivity contribution in [1.82, 2.24) is 20.2 Å². The summed E-state index contributed by atoms with van der Waals surface area (Å²) in [6.45, 7) is 1.45. The van der Waals surface area contributed by atoms with Crippen molar-refractivity contribution in [3.63, 3.8) is 0 Å². The Balaban J connectivity index is 1.15. The van der Waals surface area contributed by atoms with Crippen molar-refractivity contribution >= 4 is 29.1 Å².